The highest BCUT2D eigenvalue weighted by Crippen LogP contribution is 2.33. The molecule has 7 heteroatoms. The van der Waals surface area contributed by atoms with Gasteiger partial charge in [0.05, 0.1) is 12.7 Å². The summed E-state index contributed by atoms with van der Waals surface area (Å²) in [6.45, 7) is 0.493. The van der Waals surface area contributed by atoms with Crippen LogP contribution < -0.4 is 4.74 Å². The van der Waals surface area contributed by atoms with Gasteiger partial charge in [-0.05, 0) is 80.3 Å². The number of carbonyl (C=O) groups excluding carboxylic acids is 3. The number of ether oxygens (including phenoxy) is 3. The lowest BCUT2D eigenvalue weighted by Crippen LogP contribution is -2.54. The number of para-hydroxylation sites is 1. The number of amides is 1. The van der Waals surface area contributed by atoms with E-state index in [4.69, 9.17) is 14.2 Å². The van der Waals surface area contributed by atoms with Gasteiger partial charge in [0, 0.05) is 12.5 Å². The lowest BCUT2D eigenvalue weighted by Gasteiger charge is -2.38. The van der Waals surface area contributed by atoms with Crippen molar-refractivity contribution in [2.24, 2.45) is 5.92 Å². The molecule has 0 radical (unpaired) electrons. The van der Waals surface area contributed by atoms with Gasteiger partial charge in [-0.1, -0.05) is 73.5 Å². The molecule has 1 amide bonds. The Balaban J connectivity index is 1.37. The molecule has 1 heterocycles. The van der Waals surface area contributed by atoms with Crippen LogP contribution in [0, 0.1) is 5.92 Å². The zero-order valence-electron chi connectivity index (χ0n) is 24.9. The fourth-order valence-corrected chi connectivity index (χ4v) is 6.30. The molecule has 3 aromatic carbocycles. The van der Waals surface area contributed by atoms with E-state index in [1.165, 1.54) is 7.11 Å². The highest BCUT2D eigenvalue weighted by atomic mass is 16.5. The van der Waals surface area contributed by atoms with Crippen LogP contribution in [-0.4, -0.2) is 48.5 Å². The molecule has 0 N–H and O–H groups in total. The molecule has 0 aromatic heterocycles. The third-order valence-electron chi connectivity index (χ3n) is 8.61. The molecule has 43 heavy (non-hydrogen) atoms. The van der Waals surface area contributed by atoms with Crippen LogP contribution in [0.4, 0.5) is 0 Å². The fraction of sp³-hybridized carbons (Fsp3) is 0.417. The van der Waals surface area contributed by atoms with Gasteiger partial charge in [0.25, 0.3) is 5.91 Å². The van der Waals surface area contributed by atoms with Crippen LogP contribution in [0.1, 0.15) is 79.0 Å². The van der Waals surface area contributed by atoms with Crippen molar-refractivity contribution in [3.63, 3.8) is 0 Å². The van der Waals surface area contributed by atoms with Gasteiger partial charge in [-0.15, -0.1) is 0 Å². The maximum Gasteiger partial charge on any atom is 0.337 e. The second-order valence-corrected chi connectivity index (χ2v) is 11.5. The Bertz CT molecular complexity index is 1350. The number of methoxy groups -OCH3 is 1. The summed E-state index contributed by atoms with van der Waals surface area (Å²) in [6, 6.07) is 25.8. The highest BCUT2D eigenvalue weighted by Gasteiger charge is 2.41. The number of aryl methyl sites for hydroxylation is 1. The molecular formula is C36H41NO6. The van der Waals surface area contributed by atoms with Crippen molar-refractivity contribution < 1.29 is 28.6 Å². The molecule has 1 unspecified atom stereocenters. The molecule has 1 saturated heterocycles. The van der Waals surface area contributed by atoms with Crippen LogP contribution in [0.25, 0.3) is 0 Å². The second kappa shape index (κ2) is 14.9. The number of hydrogen-bond acceptors (Lipinski definition) is 6. The van der Waals surface area contributed by atoms with E-state index in [1.807, 2.05) is 66.7 Å². The highest BCUT2D eigenvalue weighted by molar-refractivity contribution is 5.90. The van der Waals surface area contributed by atoms with Crippen molar-refractivity contribution in [1.82, 2.24) is 4.90 Å². The molecule has 2 aliphatic rings. The molecule has 7 nitrogen and oxygen atoms in total. The standard InChI is InChI=1S/C36H41NO6/c1-41-35(39)29-18-12-17-28(25-29)32(23-22-26-13-4-2-5-14-26)43-36(40)31-21-10-11-24-37(31)34(38)33(27-15-8-9-16-27)42-30-19-6-3-7-20-30/h2-7,12-14,17-20,25,27,31-33H,8-11,15-16,21-24H2,1H3/t31?,32-,33-/m1/s1. The first kappa shape index (κ1) is 30.3. The first-order valence-electron chi connectivity index (χ1n) is 15.5. The first-order valence-corrected chi connectivity index (χ1v) is 15.5. The lowest BCUT2D eigenvalue weighted by molar-refractivity contribution is -0.165. The number of likely N-dealkylation sites (tertiary alicyclic amines) is 1. The van der Waals surface area contributed by atoms with Gasteiger partial charge in [-0.3, -0.25) is 4.79 Å². The Morgan fingerprint density at radius 3 is 2.26 bits per heavy atom. The fourth-order valence-electron chi connectivity index (χ4n) is 6.30. The largest absolute Gasteiger partial charge is 0.480 e. The van der Waals surface area contributed by atoms with E-state index in [9.17, 15) is 14.4 Å². The summed E-state index contributed by atoms with van der Waals surface area (Å²) in [5, 5.41) is 0. The van der Waals surface area contributed by atoms with Crippen molar-refractivity contribution in [3.8, 4) is 5.75 Å². The van der Waals surface area contributed by atoms with Crippen LogP contribution in [-0.2, 0) is 25.5 Å². The Hall–Kier alpha value is -4.13. The third-order valence-corrected chi connectivity index (χ3v) is 8.61. The quantitative estimate of drug-likeness (QED) is 0.234. The zero-order chi connectivity index (χ0) is 30.0. The average Bonchev–Trinajstić information content (AvgIpc) is 3.60. The van der Waals surface area contributed by atoms with E-state index in [-0.39, 0.29) is 11.8 Å². The summed E-state index contributed by atoms with van der Waals surface area (Å²) in [6.07, 6.45) is 6.21. The van der Waals surface area contributed by atoms with Gasteiger partial charge in [0.2, 0.25) is 0 Å². The van der Waals surface area contributed by atoms with Crippen LogP contribution in [0.2, 0.25) is 0 Å². The van der Waals surface area contributed by atoms with E-state index in [0.717, 1.165) is 49.7 Å². The number of piperidine rings is 1. The number of benzene rings is 3. The van der Waals surface area contributed by atoms with Crippen LogP contribution >= 0.6 is 0 Å². The molecule has 5 rings (SSSR count). The maximum absolute atomic E-state index is 14.2. The lowest BCUT2D eigenvalue weighted by atomic mass is 9.95. The van der Waals surface area contributed by atoms with Crippen molar-refractivity contribution in [1.29, 1.82) is 0 Å². The summed E-state index contributed by atoms with van der Waals surface area (Å²) >= 11 is 0. The minimum atomic E-state index is -0.687. The normalized spacial score (nSPS) is 18.4. The number of nitrogens with zero attached hydrogens (tertiary/aromatic N) is 1. The van der Waals surface area contributed by atoms with Crippen LogP contribution in [0.15, 0.2) is 84.9 Å². The maximum atomic E-state index is 14.2. The Kier molecular flexibility index (Phi) is 10.5. The van der Waals surface area contributed by atoms with Crippen LogP contribution in [0.3, 0.4) is 0 Å². The summed E-state index contributed by atoms with van der Waals surface area (Å²) < 4.78 is 17.5. The summed E-state index contributed by atoms with van der Waals surface area (Å²) in [7, 11) is 1.34. The van der Waals surface area contributed by atoms with Gasteiger partial charge in [0.15, 0.2) is 6.10 Å². The Labute approximate surface area is 254 Å². The molecule has 3 aromatic rings. The van der Waals surface area contributed by atoms with Crippen LogP contribution in [0.5, 0.6) is 5.75 Å². The second-order valence-electron chi connectivity index (χ2n) is 11.5. The monoisotopic (exact) mass is 583 g/mol. The smallest absolute Gasteiger partial charge is 0.337 e. The van der Waals surface area contributed by atoms with Gasteiger partial charge in [0.1, 0.15) is 17.9 Å². The Morgan fingerprint density at radius 2 is 1.53 bits per heavy atom. The molecule has 0 spiro atoms. The van der Waals surface area contributed by atoms with Crippen molar-refractivity contribution in [3.05, 3.63) is 102 Å². The van der Waals surface area contributed by atoms with Gasteiger partial charge in [-0.2, -0.15) is 0 Å². The predicted octanol–water partition coefficient (Wildman–Crippen LogP) is 6.71. The molecule has 1 aliphatic carbocycles. The van der Waals surface area contributed by atoms with E-state index in [0.29, 0.717) is 37.1 Å². The molecule has 1 saturated carbocycles. The Morgan fingerprint density at radius 1 is 0.837 bits per heavy atom. The predicted molar refractivity (Wildman–Crippen MR) is 164 cm³/mol. The number of rotatable bonds is 11. The molecule has 3 atom stereocenters. The molecule has 0 bridgehead atoms. The summed E-state index contributed by atoms with van der Waals surface area (Å²) in [5.41, 5.74) is 2.24. The topological polar surface area (TPSA) is 82.1 Å². The van der Waals surface area contributed by atoms with Crippen molar-refractivity contribution >= 4 is 17.8 Å². The molecule has 1 aliphatic heterocycles. The van der Waals surface area contributed by atoms with E-state index in [1.54, 1.807) is 23.1 Å². The van der Waals surface area contributed by atoms with E-state index in [2.05, 4.69) is 0 Å². The minimum Gasteiger partial charge on any atom is -0.480 e. The molecular weight excluding hydrogens is 542 g/mol. The zero-order valence-corrected chi connectivity index (χ0v) is 24.9. The summed E-state index contributed by atoms with van der Waals surface area (Å²) in [4.78, 5) is 42.1. The van der Waals surface area contributed by atoms with Gasteiger partial charge >= 0.3 is 11.9 Å². The minimum absolute atomic E-state index is 0.117. The first-order chi connectivity index (χ1) is 21.0. The van der Waals surface area contributed by atoms with E-state index < -0.39 is 30.2 Å². The number of carbonyl (C=O) groups is 3. The van der Waals surface area contributed by atoms with Gasteiger partial charge in [-0.25, -0.2) is 9.59 Å². The van der Waals surface area contributed by atoms with E-state index >= 15 is 0 Å². The molecule has 2 fully saturated rings. The third kappa shape index (κ3) is 7.83. The number of esters is 2. The molecule has 226 valence electrons. The summed E-state index contributed by atoms with van der Waals surface area (Å²) in [5.74, 6) is -0.220. The van der Waals surface area contributed by atoms with Crippen molar-refractivity contribution in [2.75, 3.05) is 13.7 Å². The van der Waals surface area contributed by atoms with Gasteiger partial charge < -0.3 is 19.1 Å². The van der Waals surface area contributed by atoms with Crippen molar-refractivity contribution in [2.45, 2.75) is 76.0 Å². The number of hydrogen-bond donors (Lipinski definition) is 0. The SMILES string of the molecule is COC(=O)c1cccc([C@@H](CCc2ccccc2)OC(=O)C2CCCCN2C(=O)[C@H](Oc2ccccc2)C2CCCC2)c1. The average molecular weight is 584 g/mol.